The highest BCUT2D eigenvalue weighted by molar-refractivity contribution is 6.31. The Morgan fingerprint density at radius 2 is 1.71 bits per heavy atom. The highest BCUT2D eigenvalue weighted by Gasteiger charge is 2.15. The van der Waals surface area contributed by atoms with E-state index in [-0.39, 0.29) is 22.0 Å². The molecule has 17 heavy (non-hydrogen) atoms. The van der Waals surface area contributed by atoms with Crippen molar-refractivity contribution in [1.82, 2.24) is 9.97 Å². The molecule has 1 rings (SSSR count). The van der Waals surface area contributed by atoms with Gasteiger partial charge in [0.2, 0.25) is 0 Å². The quantitative estimate of drug-likeness (QED) is 0.869. The molecule has 1 aromatic rings. The van der Waals surface area contributed by atoms with Gasteiger partial charge in [0.05, 0.1) is 0 Å². The van der Waals surface area contributed by atoms with E-state index >= 15 is 0 Å². The SMILES string of the molecule is CC(C)(C)CNc1nc(C#N)c(C#N)nc1Cl. The zero-order valence-corrected chi connectivity index (χ0v) is 10.6. The van der Waals surface area contributed by atoms with Crippen LogP contribution in [0.15, 0.2) is 0 Å². The molecule has 0 saturated carbocycles. The zero-order chi connectivity index (χ0) is 13.1. The van der Waals surface area contributed by atoms with Crippen LogP contribution < -0.4 is 5.32 Å². The monoisotopic (exact) mass is 249 g/mol. The number of nitrogens with zero attached hydrogens (tertiary/aromatic N) is 4. The number of nitrogens with one attached hydrogen (secondary N) is 1. The first-order chi connectivity index (χ1) is 7.87. The lowest BCUT2D eigenvalue weighted by atomic mass is 9.97. The average Bonchev–Trinajstić information content (AvgIpc) is 2.25. The van der Waals surface area contributed by atoms with Gasteiger partial charge < -0.3 is 5.32 Å². The number of anilines is 1. The smallest absolute Gasteiger partial charge is 0.179 e. The number of nitriles is 2. The maximum Gasteiger partial charge on any atom is 0.179 e. The normalized spacial score (nSPS) is 10.5. The molecule has 6 heteroatoms. The van der Waals surface area contributed by atoms with E-state index in [0.717, 1.165) is 0 Å². The summed E-state index contributed by atoms with van der Waals surface area (Å²) >= 11 is 5.87. The van der Waals surface area contributed by atoms with Crippen LogP contribution >= 0.6 is 11.6 Å². The Hall–Kier alpha value is -1.85. The fourth-order valence-electron chi connectivity index (χ4n) is 1.03. The third-order valence-corrected chi connectivity index (χ3v) is 2.11. The van der Waals surface area contributed by atoms with Crippen molar-refractivity contribution >= 4 is 17.4 Å². The number of hydrogen-bond acceptors (Lipinski definition) is 5. The van der Waals surface area contributed by atoms with Crippen molar-refractivity contribution in [2.45, 2.75) is 20.8 Å². The van der Waals surface area contributed by atoms with Gasteiger partial charge in [-0.2, -0.15) is 10.5 Å². The van der Waals surface area contributed by atoms with Crippen LogP contribution in [0.25, 0.3) is 0 Å². The molecule has 1 aromatic heterocycles. The maximum atomic E-state index is 8.82. The fourth-order valence-corrected chi connectivity index (χ4v) is 1.23. The lowest BCUT2D eigenvalue weighted by molar-refractivity contribution is 0.442. The van der Waals surface area contributed by atoms with Crippen LogP contribution in [0.2, 0.25) is 5.15 Å². The van der Waals surface area contributed by atoms with Crippen LogP contribution in [0.4, 0.5) is 5.82 Å². The standard InChI is InChI=1S/C11H12ClN5/c1-11(2,3)6-15-10-9(12)16-7(4-13)8(5-14)17-10/h6H2,1-3H3,(H,15,17). The Morgan fingerprint density at radius 1 is 1.18 bits per heavy atom. The zero-order valence-electron chi connectivity index (χ0n) is 9.87. The molecule has 0 atom stereocenters. The first-order valence-electron chi connectivity index (χ1n) is 4.99. The summed E-state index contributed by atoms with van der Waals surface area (Å²) < 4.78 is 0. The summed E-state index contributed by atoms with van der Waals surface area (Å²) in [6.07, 6.45) is 0. The lowest BCUT2D eigenvalue weighted by Crippen LogP contribution is -2.20. The summed E-state index contributed by atoms with van der Waals surface area (Å²) in [5, 5.41) is 20.7. The third kappa shape index (κ3) is 3.58. The summed E-state index contributed by atoms with van der Waals surface area (Å²) in [4.78, 5) is 7.80. The molecule has 88 valence electrons. The molecule has 0 aliphatic carbocycles. The minimum Gasteiger partial charge on any atom is -0.367 e. The lowest BCUT2D eigenvalue weighted by Gasteiger charge is -2.19. The summed E-state index contributed by atoms with van der Waals surface area (Å²) in [6, 6.07) is 3.60. The van der Waals surface area contributed by atoms with Crippen molar-refractivity contribution in [2.24, 2.45) is 5.41 Å². The van der Waals surface area contributed by atoms with E-state index in [2.05, 4.69) is 36.1 Å². The Balaban J connectivity index is 3.03. The van der Waals surface area contributed by atoms with E-state index < -0.39 is 0 Å². The van der Waals surface area contributed by atoms with Gasteiger partial charge in [-0.05, 0) is 5.41 Å². The molecule has 0 aliphatic heterocycles. The molecule has 0 unspecified atom stereocenters. The largest absolute Gasteiger partial charge is 0.367 e. The van der Waals surface area contributed by atoms with Crippen molar-refractivity contribution in [1.29, 1.82) is 10.5 Å². The Morgan fingerprint density at radius 3 is 2.18 bits per heavy atom. The van der Waals surface area contributed by atoms with E-state index in [9.17, 15) is 0 Å². The topological polar surface area (TPSA) is 85.4 Å². The van der Waals surface area contributed by atoms with Crippen molar-refractivity contribution in [2.75, 3.05) is 11.9 Å². The van der Waals surface area contributed by atoms with Gasteiger partial charge in [0, 0.05) is 6.54 Å². The molecule has 0 aromatic carbocycles. The first kappa shape index (κ1) is 13.2. The predicted octanol–water partition coefficient (Wildman–Crippen LogP) is 2.33. The maximum absolute atomic E-state index is 8.82. The summed E-state index contributed by atoms with van der Waals surface area (Å²) in [7, 11) is 0. The van der Waals surface area contributed by atoms with Gasteiger partial charge in [0.25, 0.3) is 0 Å². The Labute approximate surface area is 105 Å². The van der Waals surface area contributed by atoms with Gasteiger partial charge in [-0.25, -0.2) is 9.97 Å². The van der Waals surface area contributed by atoms with Crippen molar-refractivity contribution in [3.63, 3.8) is 0 Å². The molecular weight excluding hydrogens is 238 g/mol. The Kier molecular flexibility index (Phi) is 3.88. The molecule has 0 bridgehead atoms. The number of halogens is 1. The molecule has 0 amide bonds. The predicted molar refractivity (Wildman–Crippen MR) is 64.4 cm³/mol. The summed E-state index contributed by atoms with van der Waals surface area (Å²) in [5.41, 5.74) is -0.0294. The molecular formula is C11H12ClN5. The van der Waals surface area contributed by atoms with Crippen LogP contribution in [0.1, 0.15) is 32.2 Å². The van der Waals surface area contributed by atoms with Crippen molar-refractivity contribution in [3.05, 3.63) is 16.5 Å². The van der Waals surface area contributed by atoms with Gasteiger partial charge in [-0.3, -0.25) is 0 Å². The second-order valence-corrected chi connectivity index (χ2v) is 5.06. The third-order valence-electron chi connectivity index (χ3n) is 1.85. The van der Waals surface area contributed by atoms with Crippen LogP contribution in [0.5, 0.6) is 0 Å². The van der Waals surface area contributed by atoms with Crippen LogP contribution in [-0.2, 0) is 0 Å². The number of rotatable bonds is 2. The van der Waals surface area contributed by atoms with Gasteiger partial charge >= 0.3 is 0 Å². The highest BCUT2D eigenvalue weighted by atomic mass is 35.5. The van der Waals surface area contributed by atoms with Crippen LogP contribution in [-0.4, -0.2) is 16.5 Å². The van der Waals surface area contributed by atoms with E-state index in [1.165, 1.54) is 0 Å². The summed E-state index contributed by atoms with van der Waals surface area (Å²) in [6.45, 7) is 6.79. The molecule has 0 radical (unpaired) electrons. The van der Waals surface area contributed by atoms with E-state index in [1.807, 2.05) is 6.07 Å². The highest BCUT2D eigenvalue weighted by Crippen LogP contribution is 2.21. The van der Waals surface area contributed by atoms with E-state index in [4.69, 9.17) is 22.1 Å². The van der Waals surface area contributed by atoms with Crippen LogP contribution in [0.3, 0.4) is 0 Å². The average molecular weight is 250 g/mol. The minimum absolute atomic E-state index is 0.0201. The van der Waals surface area contributed by atoms with E-state index in [0.29, 0.717) is 12.4 Å². The van der Waals surface area contributed by atoms with Gasteiger partial charge in [0.15, 0.2) is 22.4 Å². The second-order valence-electron chi connectivity index (χ2n) is 4.70. The molecule has 1 N–H and O–H groups in total. The van der Waals surface area contributed by atoms with Crippen LogP contribution in [0, 0.1) is 28.1 Å². The summed E-state index contributed by atoms with van der Waals surface area (Å²) in [5.74, 6) is 0.331. The van der Waals surface area contributed by atoms with Gasteiger partial charge in [-0.15, -0.1) is 0 Å². The van der Waals surface area contributed by atoms with Gasteiger partial charge in [0.1, 0.15) is 12.1 Å². The number of hydrogen-bond donors (Lipinski definition) is 1. The fraction of sp³-hybridized carbons (Fsp3) is 0.455. The number of aromatic nitrogens is 2. The van der Waals surface area contributed by atoms with Crippen molar-refractivity contribution in [3.8, 4) is 12.1 Å². The van der Waals surface area contributed by atoms with E-state index in [1.54, 1.807) is 6.07 Å². The second kappa shape index (κ2) is 4.99. The van der Waals surface area contributed by atoms with Gasteiger partial charge in [-0.1, -0.05) is 32.4 Å². The minimum atomic E-state index is -0.0567. The molecule has 5 nitrogen and oxygen atoms in total. The molecule has 0 fully saturated rings. The molecule has 0 aliphatic rings. The first-order valence-corrected chi connectivity index (χ1v) is 5.37. The van der Waals surface area contributed by atoms with Crippen molar-refractivity contribution < 1.29 is 0 Å². The molecule has 1 heterocycles. The molecule has 0 spiro atoms. The Bertz CT molecular complexity index is 504. The molecule has 0 saturated heterocycles.